The number of alkyl halides is 3. The molecule has 0 spiro atoms. The highest BCUT2D eigenvalue weighted by Gasteiger charge is 2.36. The number of hydrogen-bond donors (Lipinski definition) is 0. The van der Waals surface area contributed by atoms with E-state index in [0.29, 0.717) is 38.8 Å². The molecular weight excluding hydrogens is 738 g/mol. The molecule has 4 nitrogen and oxygen atoms in total. The Morgan fingerprint density at radius 2 is 0.831 bits per heavy atom. The van der Waals surface area contributed by atoms with E-state index in [1.54, 1.807) is 0 Å². The Hall–Kier alpha value is -7.64. The van der Waals surface area contributed by atoms with Crippen molar-refractivity contribution in [3.8, 4) is 50.6 Å². The van der Waals surface area contributed by atoms with Crippen LogP contribution >= 0.6 is 0 Å². The van der Waals surface area contributed by atoms with Crippen molar-refractivity contribution >= 4 is 54.5 Å². The van der Waals surface area contributed by atoms with E-state index >= 15 is 13.2 Å². The van der Waals surface area contributed by atoms with Gasteiger partial charge in [0.25, 0.3) is 0 Å². The molecule has 3 heterocycles. The Morgan fingerprint density at radius 3 is 1.42 bits per heavy atom. The summed E-state index contributed by atoms with van der Waals surface area (Å²) in [5, 5.41) is 3.32. The molecule has 0 aliphatic carbocycles. The van der Waals surface area contributed by atoms with Gasteiger partial charge in [0.15, 0.2) is 0 Å². The molecule has 0 N–H and O–H groups in total. The van der Waals surface area contributed by atoms with Crippen molar-refractivity contribution in [2.45, 2.75) is 6.18 Å². The number of fused-ring (bicyclic) bond motifs is 8. The van der Waals surface area contributed by atoms with Crippen LogP contribution in [0.15, 0.2) is 188 Å². The molecule has 280 valence electrons. The van der Waals surface area contributed by atoms with E-state index in [1.165, 1.54) is 10.8 Å². The lowest BCUT2D eigenvalue weighted by atomic mass is 9.93. The number of para-hydroxylation sites is 3. The first-order valence-electron chi connectivity index (χ1n) is 19.4. The van der Waals surface area contributed by atoms with Crippen molar-refractivity contribution in [1.29, 1.82) is 0 Å². The van der Waals surface area contributed by atoms with Crippen LogP contribution in [0, 0.1) is 0 Å². The summed E-state index contributed by atoms with van der Waals surface area (Å²) in [6, 6.07) is 60.3. The minimum absolute atomic E-state index is 0.00671. The van der Waals surface area contributed by atoms with Crippen molar-refractivity contribution in [3.05, 3.63) is 194 Å². The molecule has 0 fully saturated rings. The first kappa shape index (κ1) is 34.6. The Bertz CT molecular complexity index is 3340. The molecule has 0 aliphatic heterocycles. The fourth-order valence-electron chi connectivity index (χ4n) is 8.51. The van der Waals surface area contributed by atoms with E-state index in [-0.39, 0.29) is 16.6 Å². The highest BCUT2D eigenvalue weighted by Crippen LogP contribution is 2.45. The molecule has 0 amide bonds. The SMILES string of the molecule is FC(F)(F)c1cc2nc(-c3ccccc3)c(-c3ccccc3)nc2c2c1c(-c1ccc(-c3ccc(-n4c5ccccc5c5ccccc54)cc3)cc1)nc1ccccc12. The summed E-state index contributed by atoms with van der Waals surface area (Å²) in [4.78, 5) is 15.1. The zero-order valence-electron chi connectivity index (χ0n) is 31.3. The Balaban J connectivity index is 1.09. The largest absolute Gasteiger partial charge is 0.417 e. The van der Waals surface area contributed by atoms with Gasteiger partial charge in [0.2, 0.25) is 0 Å². The van der Waals surface area contributed by atoms with Crippen LogP contribution in [0.1, 0.15) is 5.56 Å². The molecule has 0 aliphatic rings. The van der Waals surface area contributed by atoms with Crippen LogP contribution in [0.2, 0.25) is 0 Å². The van der Waals surface area contributed by atoms with Gasteiger partial charge in [0.1, 0.15) is 0 Å². The summed E-state index contributed by atoms with van der Waals surface area (Å²) in [6.45, 7) is 0. The normalized spacial score (nSPS) is 12.0. The van der Waals surface area contributed by atoms with Gasteiger partial charge in [0.05, 0.1) is 50.2 Å². The van der Waals surface area contributed by atoms with Gasteiger partial charge in [0, 0.05) is 49.3 Å². The van der Waals surface area contributed by atoms with E-state index in [9.17, 15) is 0 Å². The summed E-state index contributed by atoms with van der Waals surface area (Å²) in [7, 11) is 0. The minimum Gasteiger partial charge on any atom is -0.309 e. The predicted octanol–water partition coefficient (Wildman–Crippen LogP) is 14.1. The molecule has 0 unspecified atom stereocenters. The van der Waals surface area contributed by atoms with E-state index < -0.39 is 11.7 Å². The molecule has 59 heavy (non-hydrogen) atoms. The highest BCUT2D eigenvalue weighted by molar-refractivity contribution is 6.22. The molecule has 0 saturated heterocycles. The molecule has 0 bridgehead atoms. The average Bonchev–Trinajstić information content (AvgIpc) is 3.62. The van der Waals surface area contributed by atoms with Crippen molar-refractivity contribution < 1.29 is 13.2 Å². The lowest BCUT2D eigenvalue weighted by Gasteiger charge is -2.19. The predicted molar refractivity (Wildman–Crippen MR) is 233 cm³/mol. The highest BCUT2D eigenvalue weighted by atomic mass is 19.4. The fourth-order valence-corrected chi connectivity index (χ4v) is 8.51. The maximum atomic E-state index is 15.4. The van der Waals surface area contributed by atoms with Gasteiger partial charge in [-0.25, -0.2) is 15.0 Å². The van der Waals surface area contributed by atoms with Crippen molar-refractivity contribution in [2.24, 2.45) is 0 Å². The second kappa shape index (κ2) is 13.5. The number of aromatic nitrogens is 4. The number of hydrogen-bond acceptors (Lipinski definition) is 3. The third-order valence-corrected chi connectivity index (χ3v) is 11.2. The van der Waals surface area contributed by atoms with Crippen LogP contribution in [0.4, 0.5) is 13.2 Å². The van der Waals surface area contributed by atoms with Gasteiger partial charge < -0.3 is 4.57 Å². The number of halogens is 3. The number of nitrogens with zero attached hydrogens (tertiary/aromatic N) is 4. The first-order chi connectivity index (χ1) is 28.9. The maximum Gasteiger partial charge on any atom is 0.417 e. The smallest absolute Gasteiger partial charge is 0.309 e. The van der Waals surface area contributed by atoms with Gasteiger partial charge in [-0.2, -0.15) is 13.2 Å². The third kappa shape index (κ3) is 5.73. The Kier molecular flexibility index (Phi) is 7.91. The fraction of sp³-hybridized carbons (Fsp3) is 0.0192. The molecule has 0 saturated carbocycles. The van der Waals surface area contributed by atoms with Crippen LogP contribution in [-0.2, 0) is 6.18 Å². The third-order valence-electron chi connectivity index (χ3n) is 11.2. The Labute approximate surface area is 336 Å². The Morgan fingerprint density at radius 1 is 0.373 bits per heavy atom. The summed E-state index contributed by atoms with van der Waals surface area (Å²) >= 11 is 0. The average molecular weight is 769 g/mol. The number of pyridine rings is 1. The van der Waals surface area contributed by atoms with Gasteiger partial charge in [-0.15, -0.1) is 0 Å². The van der Waals surface area contributed by atoms with Gasteiger partial charge in [-0.1, -0.05) is 152 Å². The lowest BCUT2D eigenvalue weighted by Crippen LogP contribution is -2.09. The van der Waals surface area contributed by atoms with Crippen LogP contribution in [-0.4, -0.2) is 19.5 Å². The summed E-state index contributed by atoms with van der Waals surface area (Å²) < 4.78 is 48.5. The van der Waals surface area contributed by atoms with E-state index in [0.717, 1.165) is 45.0 Å². The molecule has 11 aromatic rings. The quantitative estimate of drug-likeness (QED) is 0.164. The summed E-state index contributed by atoms with van der Waals surface area (Å²) in [5.41, 5.74) is 8.97. The van der Waals surface area contributed by atoms with Gasteiger partial charge >= 0.3 is 6.18 Å². The van der Waals surface area contributed by atoms with Crippen LogP contribution in [0.25, 0.3) is 105 Å². The van der Waals surface area contributed by atoms with Crippen molar-refractivity contribution in [3.63, 3.8) is 0 Å². The van der Waals surface area contributed by atoms with Crippen molar-refractivity contribution in [2.75, 3.05) is 0 Å². The number of benzene rings is 8. The minimum atomic E-state index is -4.71. The van der Waals surface area contributed by atoms with Crippen LogP contribution < -0.4 is 0 Å². The van der Waals surface area contributed by atoms with Gasteiger partial charge in [-0.05, 0) is 47.5 Å². The molecule has 3 aromatic heterocycles. The first-order valence-corrected chi connectivity index (χ1v) is 19.4. The molecule has 0 radical (unpaired) electrons. The van der Waals surface area contributed by atoms with Crippen LogP contribution in [0.3, 0.4) is 0 Å². The van der Waals surface area contributed by atoms with Crippen LogP contribution in [0.5, 0.6) is 0 Å². The molecule has 7 heteroatoms. The van der Waals surface area contributed by atoms with E-state index in [2.05, 4.69) is 77.4 Å². The summed E-state index contributed by atoms with van der Waals surface area (Å²) in [6.07, 6.45) is -4.71. The zero-order valence-corrected chi connectivity index (χ0v) is 31.3. The molecule has 11 rings (SSSR count). The molecular formula is C52H31F3N4. The van der Waals surface area contributed by atoms with Gasteiger partial charge in [-0.3, -0.25) is 0 Å². The second-order valence-corrected chi connectivity index (χ2v) is 14.7. The van der Waals surface area contributed by atoms with E-state index in [1.807, 2.05) is 109 Å². The van der Waals surface area contributed by atoms with E-state index in [4.69, 9.17) is 15.0 Å². The zero-order chi connectivity index (χ0) is 39.7. The number of rotatable bonds is 5. The second-order valence-electron chi connectivity index (χ2n) is 14.7. The molecule has 8 aromatic carbocycles. The topological polar surface area (TPSA) is 43.6 Å². The monoisotopic (exact) mass is 768 g/mol. The van der Waals surface area contributed by atoms with Crippen molar-refractivity contribution in [1.82, 2.24) is 19.5 Å². The maximum absolute atomic E-state index is 15.4. The molecule has 0 atom stereocenters. The summed E-state index contributed by atoms with van der Waals surface area (Å²) in [5.74, 6) is 0. The standard InChI is InChI=1S/C52H31F3N4/c53-52(54,55)41-31-43-51(58-50(35-15-5-2-6-16-35)49(57-43)34-13-3-1-4-14-34)46-40-19-7-10-20-42(40)56-48(47(41)46)36-25-23-32(24-26-36)33-27-29-37(30-28-33)59-44-21-11-8-17-38(44)39-18-9-12-22-45(39)59/h1-31H. The lowest BCUT2D eigenvalue weighted by molar-refractivity contribution is -0.136.